The molecule has 2 unspecified atom stereocenters. The minimum Gasteiger partial charge on any atom is -0.364 e. The molecule has 0 aliphatic carbocycles. The molecule has 1 aromatic rings. The van der Waals surface area contributed by atoms with Gasteiger partial charge in [0.25, 0.3) is 0 Å². The monoisotopic (exact) mass is 254 g/mol. The van der Waals surface area contributed by atoms with Crippen molar-refractivity contribution in [3.8, 4) is 0 Å². The average Bonchev–Trinajstić information content (AvgIpc) is 2.57. The predicted octanol–water partition coefficient (Wildman–Crippen LogP) is 2.92. The molecule has 4 heteroatoms. The Morgan fingerprint density at radius 1 is 1.28 bits per heavy atom. The third-order valence-electron chi connectivity index (χ3n) is 3.53. The minimum atomic E-state index is -0.457. The predicted molar refractivity (Wildman–Crippen MR) is 69.7 cm³/mol. The number of rotatable bonds is 3. The number of hydrogen-bond acceptors (Lipinski definition) is 2. The first kappa shape index (κ1) is 13.3. The summed E-state index contributed by atoms with van der Waals surface area (Å²) in [6.07, 6.45) is 0.983. The Kier molecular flexibility index (Phi) is 3.85. The highest BCUT2D eigenvalue weighted by Crippen LogP contribution is 2.33. The van der Waals surface area contributed by atoms with E-state index in [1.165, 1.54) is 12.1 Å². The number of nitrogens with zero attached hydrogens (tertiary/aromatic N) is 1. The third kappa shape index (κ3) is 2.48. The van der Waals surface area contributed by atoms with Crippen LogP contribution in [0.5, 0.6) is 0 Å². The van der Waals surface area contributed by atoms with Crippen molar-refractivity contribution < 1.29 is 8.78 Å². The Balaban J connectivity index is 2.33. The fourth-order valence-corrected chi connectivity index (χ4v) is 2.81. The fraction of sp³-hybridized carbons (Fsp3) is 0.571. The largest absolute Gasteiger partial charge is 0.364 e. The van der Waals surface area contributed by atoms with Gasteiger partial charge < -0.3 is 10.2 Å². The summed E-state index contributed by atoms with van der Waals surface area (Å²) in [5, 5.41) is 2.90. The Morgan fingerprint density at radius 3 is 2.33 bits per heavy atom. The van der Waals surface area contributed by atoms with Gasteiger partial charge in [-0.25, -0.2) is 8.78 Å². The molecule has 1 saturated heterocycles. The molecule has 0 amide bonds. The lowest BCUT2D eigenvalue weighted by molar-refractivity contribution is 0.563. The van der Waals surface area contributed by atoms with Crippen LogP contribution in [0.4, 0.5) is 14.5 Å². The molecule has 2 atom stereocenters. The summed E-state index contributed by atoms with van der Waals surface area (Å²) >= 11 is 0. The molecule has 1 aliphatic rings. The number of anilines is 1. The van der Waals surface area contributed by atoms with Crippen LogP contribution in [0.15, 0.2) is 12.1 Å². The van der Waals surface area contributed by atoms with E-state index < -0.39 is 11.6 Å². The highest BCUT2D eigenvalue weighted by Gasteiger charge is 2.30. The van der Waals surface area contributed by atoms with Crippen LogP contribution < -0.4 is 10.2 Å². The Labute approximate surface area is 107 Å². The fourth-order valence-electron chi connectivity index (χ4n) is 2.81. The van der Waals surface area contributed by atoms with Crippen molar-refractivity contribution in [2.75, 3.05) is 18.5 Å². The van der Waals surface area contributed by atoms with Crippen LogP contribution in [0.1, 0.15) is 25.8 Å². The number of hydrogen-bond donors (Lipinski definition) is 1. The van der Waals surface area contributed by atoms with Gasteiger partial charge in [-0.15, -0.1) is 0 Å². The van der Waals surface area contributed by atoms with E-state index in [9.17, 15) is 8.78 Å². The van der Waals surface area contributed by atoms with Gasteiger partial charge in [-0.3, -0.25) is 0 Å². The first-order valence-corrected chi connectivity index (χ1v) is 6.42. The topological polar surface area (TPSA) is 15.3 Å². The molecule has 0 radical (unpaired) electrons. The van der Waals surface area contributed by atoms with Crippen LogP contribution in [0.3, 0.4) is 0 Å². The zero-order chi connectivity index (χ0) is 13.3. The van der Waals surface area contributed by atoms with Crippen molar-refractivity contribution >= 4 is 5.69 Å². The summed E-state index contributed by atoms with van der Waals surface area (Å²) in [6, 6.07) is 3.04. The van der Waals surface area contributed by atoms with Crippen LogP contribution >= 0.6 is 0 Å². The lowest BCUT2D eigenvalue weighted by Crippen LogP contribution is -2.28. The summed E-state index contributed by atoms with van der Waals surface area (Å²) in [6.45, 7) is 5.33. The number of halogens is 2. The normalized spacial score (nSPS) is 23.7. The van der Waals surface area contributed by atoms with Gasteiger partial charge in [-0.1, -0.05) is 6.92 Å². The molecule has 1 aromatic carbocycles. The maximum atomic E-state index is 14.1. The van der Waals surface area contributed by atoms with Crippen molar-refractivity contribution in [2.24, 2.45) is 5.92 Å². The van der Waals surface area contributed by atoms with E-state index in [-0.39, 0.29) is 11.7 Å². The first-order valence-electron chi connectivity index (χ1n) is 6.42. The van der Waals surface area contributed by atoms with Crippen molar-refractivity contribution in [1.82, 2.24) is 5.32 Å². The van der Waals surface area contributed by atoms with Crippen LogP contribution in [0.25, 0.3) is 0 Å². The van der Waals surface area contributed by atoms with Crippen molar-refractivity contribution in [3.05, 3.63) is 29.3 Å². The summed E-state index contributed by atoms with van der Waals surface area (Å²) in [4.78, 5) is 1.85. The Morgan fingerprint density at radius 2 is 1.89 bits per heavy atom. The highest BCUT2D eigenvalue weighted by atomic mass is 19.1. The number of nitrogens with one attached hydrogen (secondary N) is 1. The van der Waals surface area contributed by atoms with Gasteiger partial charge in [-0.05, 0) is 44.0 Å². The number of benzene rings is 1. The van der Waals surface area contributed by atoms with Gasteiger partial charge in [0.1, 0.15) is 17.3 Å². The molecular formula is C14H20F2N2. The summed E-state index contributed by atoms with van der Waals surface area (Å²) in [7, 11) is 1.76. The van der Waals surface area contributed by atoms with Crippen molar-refractivity contribution in [2.45, 2.75) is 32.9 Å². The second-order valence-corrected chi connectivity index (χ2v) is 5.28. The van der Waals surface area contributed by atoms with Crippen molar-refractivity contribution in [3.63, 3.8) is 0 Å². The zero-order valence-corrected chi connectivity index (χ0v) is 11.1. The minimum absolute atomic E-state index is 0.131. The highest BCUT2D eigenvalue weighted by molar-refractivity contribution is 5.52. The van der Waals surface area contributed by atoms with E-state index in [4.69, 9.17) is 0 Å². The van der Waals surface area contributed by atoms with Gasteiger partial charge in [0.2, 0.25) is 0 Å². The van der Waals surface area contributed by atoms with Gasteiger partial charge in [0, 0.05) is 19.1 Å². The second-order valence-electron chi connectivity index (χ2n) is 5.28. The summed E-state index contributed by atoms with van der Waals surface area (Å²) in [5.41, 5.74) is 0.767. The molecule has 0 saturated carbocycles. The standard InChI is InChI=1S/C14H20F2N2/c1-9-4-10(2)18(8-9)14-12(15)5-11(7-17-3)6-13(14)16/h5-6,9-10,17H,4,7-8H2,1-3H3. The molecule has 100 valence electrons. The molecule has 0 spiro atoms. The molecule has 2 nitrogen and oxygen atoms in total. The molecule has 1 heterocycles. The lowest BCUT2D eigenvalue weighted by Gasteiger charge is -2.25. The average molecular weight is 254 g/mol. The molecule has 18 heavy (non-hydrogen) atoms. The maximum absolute atomic E-state index is 14.1. The zero-order valence-electron chi connectivity index (χ0n) is 11.1. The van der Waals surface area contributed by atoms with Crippen LogP contribution in [-0.4, -0.2) is 19.6 Å². The van der Waals surface area contributed by atoms with Crippen molar-refractivity contribution in [1.29, 1.82) is 0 Å². The molecular weight excluding hydrogens is 234 g/mol. The molecule has 1 fully saturated rings. The quantitative estimate of drug-likeness (QED) is 0.892. The van der Waals surface area contributed by atoms with Crippen LogP contribution in [-0.2, 0) is 6.54 Å². The maximum Gasteiger partial charge on any atom is 0.149 e. The van der Waals surface area contributed by atoms with E-state index in [0.29, 0.717) is 18.0 Å². The summed E-state index contributed by atoms with van der Waals surface area (Å²) in [5.74, 6) is -0.432. The van der Waals surface area contributed by atoms with Crippen LogP contribution in [0.2, 0.25) is 0 Å². The molecule has 0 bridgehead atoms. The van der Waals surface area contributed by atoms with Gasteiger partial charge >= 0.3 is 0 Å². The van der Waals surface area contributed by atoms with E-state index in [0.717, 1.165) is 13.0 Å². The smallest absolute Gasteiger partial charge is 0.149 e. The van der Waals surface area contributed by atoms with Gasteiger partial charge in [0.05, 0.1) is 0 Å². The summed E-state index contributed by atoms with van der Waals surface area (Å²) < 4.78 is 28.2. The van der Waals surface area contributed by atoms with E-state index >= 15 is 0 Å². The lowest BCUT2D eigenvalue weighted by atomic mass is 10.1. The molecule has 0 aromatic heterocycles. The third-order valence-corrected chi connectivity index (χ3v) is 3.53. The van der Waals surface area contributed by atoms with Gasteiger partial charge in [-0.2, -0.15) is 0 Å². The second kappa shape index (κ2) is 5.22. The van der Waals surface area contributed by atoms with E-state index in [1.807, 2.05) is 11.8 Å². The van der Waals surface area contributed by atoms with Crippen LogP contribution in [0, 0.1) is 17.6 Å². The first-order chi connectivity index (χ1) is 8.52. The molecule has 1 aliphatic heterocycles. The molecule has 2 rings (SSSR count). The van der Waals surface area contributed by atoms with E-state index in [2.05, 4.69) is 12.2 Å². The van der Waals surface area contributed by atoms with E-state index in [1.54, 1.807) is 7.05 Å². The van der Waals surface area contributed by atoms with Gasteiger partial charge in [0.15, 0.2) is 0 Å². The Bertz CT molecular complexity index is 411. The SMILES string of the molecule is CNCc1cc(F)c(N2CC(C)CC2C)c(F)c1. The molecule has 1 N–H and O–H groups in total. The Hall–Kier alpha value is -1.16.